The Bertz CT molecular complexity index is 977. The minimum absolute atomic E-state index is 0.00682. The number of hydrogen-bond donors (Lipinski definition) is 1. The predicted molar refractivity (Wildman–Crippen MR) is 143 cm³/mol. The number of carbonyl (C=O) groups is 2. The molecule has 0 aliphatic heterocycles. The molecule has 0 bridgehead atoms. The first-order valence-electron chi connectivity index (χ1n) is 14.7. The fraction of sp³-hybridized carbons (Fsp3) is 0.750. The van der Waals surface area contributed by atoms with E-state index >= 15 is 0 Å². The van der Waals surface area contributed by atoms with Crippen LogP contribution in [0.1, 0.15) is 95.3 Å². The minimum Gasteiger partial charge on any atom is -0.469 e. The normalized spacial score (nSPS) is 41.6. The molecular formula is C32H46O5. The molecule has 204 valence electrons. The van der Waals surface area contributed by atoms with Gasteiger partial charge in [-0.25, -0.2) is 4.79 Å². The molecule has 5 nitrogen and oxygen atoms in total. The second kappa shape index (κ2) is 10.4. The van der Waals surface area contributed by atoms with Gasteiger partial charge in [0.05, 0.1) is 18.8 Å². The summed E-state index contributed by atoms with van der Waals surface area (Å²) < 4.78 is 10.9. The summed E-state index contributed by atoms with van der Waals surface area (Å²) in [6, 6.07) is 9.33. The topological polar surface area (TPSA) is 72.8 Å². The molecular weight excluding hydrogens is 464 g/mol. The highest BCUT2D eigenvalue weighted by Crippen LogP contribution is 2.68. The van der Waals surface area contributed by atoms with Crippen LogP contribution in [-0.4, -0.2) is 36.4 Å². The summed E-state index contributed by atoms with van der Waals surface area (Å²) >= 11 is 0. The number of rotatable bonds is 6. The van der Waals surface area contributed by atoms with E-state index in [-0.39, 0.29) is 35.0 Å². The largest absolute Gasteiger partial charge is 0.469 e. The van der Waals surface area contributed by atoms with Crippen molar-refractivity contribution in [2.24, 2.45) is 46.3 Å². The van der Waals surface area contributed by atoms with Crippen LogP contribution in [0.2, 0.25) is 0 Å². The van der Waals surface area contributed by atoms with Gasteiger partial charge in [0.2, 0.25) is 0 Å². The zero-order valence-corrected chi connectivity index (χ0v) is 23.2. The number of fused-ring (bicyclic) bond motifs is 5. The van der Waals surface area contributed by atoms with Gasteiger partial charge < -0.3 is 14.6 Å². The molecule has 5 rings (SSSR count). The molecule has 0 unspecified atom stereocenters. The zero-order chi connectivity index (χ0) is 26.4. The van der Waals surface area contributed by atoms with E-state index in [1.54, 1.807) is 0 Å². The van der Waals surface area contributed by atoms with Gasteiger partial charge in [0.1, 0.15) is 6.10 Å². The number of hydrogen-bond acceptors (Lipinski definition) is 5. The standard InChI is InChI=1S/C32H46O5/c1-20(10-15-29(34)36-4)25-13-14-26-24-12-11-22-18-23(37-30(35)21-8-6-5-7-9-21)16-17-31(22,2)27(24)19-28(33)32(25,26)3/h5-9,20,22-28,33H,10-19H2,1-4H3/t20-,22+,23-,24+,25-,26+,27+,28+,31+,32-/m1/s1. The molecule has 1 aromatic rings. The number of benzene rings is 1. The number of ether oxygens (including phenoxy) is 2. The van der Waals surface area contributed by atoms with Crippen molar-refractivity contribution in [3.05, 3.63) is 35.9 Å². The Morgan fingerprint density at radius 2 is 1.78 bits per heavy atom. The maximum atomic E-state index is 12.7. The van der Waals surface area contributed by atoms with Gasteiger partial charge in [0.15, 0.2) is 0 Å². The van der Waals surface area contributed by atoms with E-state index in [0.717, 1.165) is 38.5 Å². The van der Waals surface area contributed by atoms with E-state index in [0.29, 0.717) is 47.5 Å². The third kappa shape index (κ3) is 4.64. The van der Waals surface area contributed by atoms with Crippen LogP contribution in [0, 0.1) is 46.3 Å². The highest BCUT2D eigenvalue weighted by molar-refractivity contribution is 5.89. The quantitative estimate of drug-likeness (QED) is 0.447. The van der Waals surface area contributed by atoms with E-state index < -0.39 is 0 Å². The smallest absolute Gasteiger partial charge is 0.338 e. The van der Waals surface area contributed by atoms with Crippen molar-refractivity contribution in [2.45, 2.75) is 97.2 Å². The van der Waals surface area contributed by atoms with E-state index in [2.05, 4.69) is 20.8 Å². The molecule has 4 saturated carbocycles. The van der Waals surface area contributed by atoms with E-state index in [1.807, 2.05) is 30.3 Å². The van der Waals surface area contributed by atoms with Gasteiger partial charge in [-0.1, -0.05) is 39.0 Å². The first kappa shape index (κ1) is 26.7. The Hall–Kier alpha value is -1.88. The lowest BCUT2D eigenvalue weighted by Crippen LogP contribution is -2.59. The fourth-order valence-electron chi connectivity index (χ4n) is 9.69. The number of aliphatic hydroxyl groups is 1. The zero-order valence-electron chi connectivity index (χ0n) is 23.2. The number of esters is 2. The molecule has 0 radical (unpaired) electrons. The molecule has 10 atom stereocenters. The van der Waals surface area contributed by atoms with Crippen molar-refractivity contribution in [2.75, 3.05) is 7.11 Å². The van der Waals surface area contributed by atoms with Crippen LogP contribution in [-0.2, 0) is 14.3 Å². The molecule has 0 heterocycles. The van der Waals surface area contributed by atoms with Gasteiger partial charge in [-0.3, -0.25) is 4.79 Å². The van der Waals surface area contributed by atoms with Gasteiger partial charge >= 0.3 is 11.9 Å². The fourth-order valence-corrected chi connectivity index (χ4v) is 9.69. The van der Waals surface area contributed by atoms with Crippen LogP contribution >= 0.6 is 0 Å². The van der Waals surface area contributed by atoms with Crippen LogP contribution in [0.25, 0.3) is 0 Å². The second-order valence-corrected chi connectivity index (χ2v) is 13.2. The molecule has 0 saturated heterocycles. The number of aliphatic hydroxyl groups excluding tert-OH is 1. The average molecular weight is 511 g/mol. The molecule has 0 amide bonds. The lowest BCUT2D eigenvalue weighted by Gasteiger charge is -2.62. The summed E-state index contributed by atoms with van der Waals surface area (Å²) in [5.41, 5.74) is 0.767. The van der Waals surface area contributed by atoms with Crippen molar-refractivity contribution in [3.8, 4) is 0 Å². The van der Waals surface area contributed by atoms with Crippen molar-refractivity contribution in [1.29, 1.82) is 0 Å². The van der Waals surface area contributed by atoms with Gasteiger partial charge in [-0.15, -0.1) is 0 Å². The molecule has 0 spiro atoms. The Balaban J connectivity index is 1.27. The first-order valence-corrected chi connectivity index (χ1v) is 14.7. The third-order valence-electron chi connectivity index (χ3n) is 11.8. The lowest BCUT2D eigenvalue weighted by atomic mass is 9.43. The summed E-state index contributed by atoms with van der Waals surface area (Å²) in [7, 11) is 1.46. The maximum absolute atomic E-state index is 12.7. The van der Waals surface area contributed by atoms with Crippen molar-refractivity contribution < 1.29 is 24.2 Å². The van der Waals surface area contributed by atoms with Gasteiger partial charge in [-0.05, 0) is 116 Å². The molecule has 4 aliphatic rings. The maximum Gasteiger partial charge on any atom is 0.338 e. The molecule has 0 aromatic heterocycles. The van der Waals surface area contributed by atoms with Crippen molar-refractivity contribution in [1.82, 2.24) is 0 Å². The van der Waals surface area contributed by atoms with Gasteiger partial charge in [0.25, 0.3) is 0 Å². The summed E-state index contributed by atoms with van der Waals surface area (Å²) in [5.74, 6) is 2.82. The highest BCUT2D eigenvalue weighted by atomic mass is 16.5. The van der Waals surface area contributed by atoms with E-state index in [1.165, 1.54) is 26.4 Å². The van der Waals surface area contributed by atoms with Crippen LogP contribution in [0.3, 0.4) is 0 Å². The van der Waals surface area contributed by atoms with Crippen LogP contribution in [0.4, 0.5) is 0 Å². The van der Waals surface area contributed by atoms with Crippen molar-refractivity contribution >= 4 is 11.9 Å². The Morgan fingerprint density at radius 3 is 2.51 bits per heavy atom. The SMILES string of the molecule is COC(=O)CC[C@@H](C)[C@H]1CC[C@H]2[C@@H]3CC[C@H]4C[C@H](OC(=O)c5ccccc5)CC[C@]4(C)[C@H]3C[C@H](O)[C@]12C. The van der Waals surface area contributed by atoms with Crippen molar-refractivity contribution in [3.63, 3.8) is 0 Å². The Morgan fingerprint density at radius 1 is 1.03 bits per heavy atom. The van der Waals surface area contributed by atoms with Crippen LogP contribution in [0.5, 0.6) is 0 Å². The Kier molecular flexibility index (Phi) is 7.48. The minimum atomic E-state index is -0.295. The summed E-state index contributed by atoms with van der Waals surface area (Å²) in [5, 5.41) is 11.8. The second-order valence-electron chi connectivity index (χ2n) is 13.2. The third-order valence-corrected chi connectivity index (χ3v) is 11.8. The molecule has 5 heteroatoms. The molecule has 37 heavy (non-hydrogen) atoms. The lowest BCUT2D eigenvalue weighted by molar-refractivity contribution is -0.175. The first-order chi connectivity index (χ1) is 17.7. The summed E-state index contributed by atoms with van der Waals surface area (Å²) in [6.45, 7) is 7.11. The average Bonchev–Trinajstić information content (AvgIpc) is 3.27. The Labute approximate surface area is 222 Å². The number of methoxy groups -OCH3 is 1. The summed E-state index contributed by atoms with van der Waals surface area (Å²) in [6.07, 6.45) is 9.59. The molecule has 4 aliphatic carbocycles. The van der Waals surface area contributed by atoms with Gasteiger partial charge in [0, 0.05) is 6.42 Å². The van der Waals surface area contributed by atoms with Crippen LogP contribution < -0.4 is 0 Å². The van der Waals surface area contributed by atoms with Crippen LogP contribution in [0.15, 0.2) is 30.3 Å². The number of carbonyl (C=O) groups excluding carboxylic acids is 2. The molecule has 4 fully saturated rings. The van der Waals surface area contributed by atoms with E-state index in [4.69, 9.17) is 9.47 Å². The van der Waals surface area contributed by atoms with E-state index in [9.17, 15) is 14.7 Å². The predicted octanol–water partition coefficient (Wildman–Crippen LogP) is 6.43. The monoisotopic (exact) mass is 510 g/mol. The molecule has 1 aromatic carbocycles. The van der Waals surface area contributed by atoms with Gasteiger partial charge in [-0.2, -0.15) is 0 Å². The molecule has 1 N–H and O–H groups in total. The highest BCUT2D eigenvalue weighted by Gasteiger charge is 2.63. The summed E-state index contributed by atoms with van der Waals surface area (Å²) in [4.78, 5) is 24.5.